The van der Waals surface area contributed by atoms with Crippen LogP contribution in [0.1, 0.15) is 24.2 Å². The van der Waals surface area contributed by atoms with E-state index >= 15 is 0 Å². The Morgan fingerprint density at radius 1 is 1.06 bits per heavy atom. The first-order valence-corrected chi connectivity index (χ1v) is 13.5. The van der Waals surface area contributed by atoms with Gasteiger partial charge in [-0.05, 0) is 43.5 Å². The SMILES string of the molecule is C/C=S(\c1ccc(-c2cc(-c3ccccc3)no2)s1)N1CCN(C(=O)c2ccccc2)C[C@H]1C. The van der Waals surface area contributed by atoms with Crippen molar-refractivity contribution in [3.8, 4) is 21.9 Å². The average molecular weight is 490 g/mol. The van der Waals surface area contributed by atoms with E-state index in [2.05, 4.69) is 40.8 Å². The third kappa shape index (κ3) is 4.64. The molecule has 5 nitrogen and oxygen atoms in total. The van der Waals surface area contributed by atoms with Gasteiger partial charge in [0.05, 0.1) is 9.09 Å². The molecule has 0 aliphatic carbocycles. The van der Waals surface area contributed by atoms with Crippen molar-refractivity contribution in [3.63, 3.8) is 0 Å². The second-order valence-electron chi connectivity index (χ2n) is 8.22. The van der Waals surface area contributed by atoms with Gasteiger partial charge in [0.1, 0.15) is 5.69 Å². The maximum Gasteiger partial charge on any atom is 0.253 e. The first kappa shape index (κ1) is 22.8. The first-order valence-electron chi connectivity index (χ1n) is 11.4. The predicted octanol–water partition coefficient (Wildman–Crippen LogP) is 6.28. The quantitative estimate of drug-likeness (QED) is 0.310. The number of hydrogen-bond acceptors (Lipinski definition) is 5. The molecule has 1 amide bonds. The largest absolute Gasteiger partial charge is 0.355 e. The minimum absolute atomic E-state index is 0.116. The summed E-state index contributed by atoms with van der Waals surface area (Å²) in [6.07, 6.45) is 0. The van der Waals surface area contributed by atoms with Crippen molar-refractivity contribution in [1.29, 1.82) is 0 Å². The number of amides is 1. The number of benzene rings is 2. The summed E-state index contributed by atoms with van der Waals surface area (Å²) >= 11 is 1.75. The number of nitrogens with zero attached hydrogens (tertiary/aromatic N) is 3. The van der Waals surface area contributed by atoms with Gasteiger partial charge in [0, 0.05) is 42.9 Å². The van der Waals surface area contributed by atoms with Gasteiger partial charge in [0.25, 0.3) is 5.91 Å². The zero-order valence-corrected chi connectivity index (χ0v) is 20.9. The van der Waals surface area contributed by atoms with Gasteiger partial charge in [0.2, 0.25) is 0 Å². The van der Waals surface area contributed by atoms with E-state index in [0.717, 1.165) is 47.1 Å². The molecule has 4 aromatic rings. The standard InChI is InChI=1S/C27H27N3O2S2/c1-3-34(30-17-16-29(19-20(30)2)27(31)22-12-8-5-9-13-22)26-15-14-25(33-26)24-18-23(28-32-24)21-10-6-4-7-11-21/h3-15,18,20H,16-17,19H2,1-2H3/t20-,34?/m1/s1. The van der Waals surface area contributed by atoms with E-state index in [4.69, 9.17) is 4.52 Å². The van der Waals surface area contributed by atoms with Crippen LogP contribution in [0.3, 0.4) is 0 Å². The highest BCUT2D eigenvalue weighted by Gasteiger charge is 2.29. The average Bonchev–Trinajstić information content (AvgIpc) is 3.56. The molecule has 34 heavy (non-hydrogen) atoms. The highest BCUT2D eigenvalue weighted by Crippen LogP contribution is 2.42. The fraction of sp³-hybridized carbons (Fsp3) is 0.222. The number of carbonyl (C=O) groups excluding carboxylic acids is 1. The van der Waals surface area contributed by atoms with Crippen LogP contribution in [0.25, 0.3) is 21.9 Å². The van der Waals surface area contributed by atoms with E-state index < -0.39 is 0 Å². The van der Waals surface area contributed by atoms with Crippen molar-refractivity contribution in [1.82, 2.24) is 14.4 Å². The third-order valence-electron chi connectivity index (χ3n) is 5.96. The van der Waals surface area contributed by atoms with Crippen LogP contribution in [0.5, 0.6) is 0 Å². The van der Waals surface area contributed by atoms with E-state index in [-0.39, 0.29) is 22.6 Å². The Hall–Kier alpha value is -3.00. The van der Waals surface area contributed by atoms with Gasteiger partial charge in [-0.3, -0.25) is 4.79 Å². The molecule has 1 aliphatic rings. The number of thiophene rings is 1. The van der Waals surface area contributed by atoms with E-state index in [1.54, 1.807) is 11.3 Å². The number of piperazine rings is 1. The summed E-state index contributed by atoms with van der Waals surface area (Å²) in [5, 5.41) is 6.54. The monoisotopic (exact) mass is 489 g/mol. The minimum atomic E-state index is -0.139. The minimum Gasteiger partial charge on any atom is -0.355 e. The molecular weight excluding hydrogens is 462 g/mol. The summed E-state index contributed by atoms with van der Waals surface area (Å²) in [5.74, 6) is 0.909. The summed E-state index contributed by atoms with van der Waals surface area (Å²) in [6.45, 7) is 6.65. The topological polar surface area (TPSA) is 49.6 Å². The Morgan fingerprint density at radius 3 is 2.50 bits per heavy atom. The number of rotatable bonds is 5. The fourth-order valence-electron chi connectivity index (χ4n) is 4.25. The molecule has 7 heteroatoms. The van der Waals surface area contributed by atoms with Crippen molar-refractivity contribution in [2.75, 3.05) is 19.6 Å². The van der Waals surface area contributed by atoms with Gasteiger partial charge < -0.3 is 9.42 Å². The molecule has 0 spiro atoms. The second-order valence-corrected chi connectivity index (χ2v) is 11.6. The van der Waals surface area contributed by atoms with Crippen LogP contribution in [0.4, 0.5) is 0 Å². The normalized spacial score (nSPS) is 17.7. The lowest BCUT2D eigenvalue weighted by molar-refractivity contribution is 0.0652. The molecule has 1 saturated heterocycles. The molecule has 3 heterocycles. The lowest BCUT2D eigenvalue weighted by Gasteiger charge is -2.41. The van der Waals surface area contributed by atoms with E-state index in [1.165, 1.54) is 4.21 Å². The number of hydrogen-bond donors (Lipinski definition) is 0. The third-order valence-corrected chi connectivity index (χ3v) is 9.66. The van der Waals surface area contributed by atoms with Gasteiger partial charge >= 0.3 is 0 Å². The molecule has 2 atom stereocenters. The Balaban J connectivity index is 1.30. The molecular formula is C27H27N3O2S2. The van der Waals surface area contributed by atoms with Crippen molar-refractivity contribution < 1.29 is 9.32 Å². The molecule has 1 fully saturated rings. The zero-order valence-electron chi connectivity index (χ0n) is 19.3. The molecule has 1 aliphatic heterocycles. The fourth-order valence-corrected chi connectivity index (χ4v) is 7.80. The summed E-state index contributed by atoms with van der Waals surface area (Å²) in [6, 6.07) is 26.2. The molecule has 0 N–H and O–H groups in total. The van der Waals surface area contributed by atoms with Crippen molar-refractivity contribution >= 4 is 33.3 Å². The summed E-state index contributed by atoms with van der Waals surface area (Å²) in [5.41, 5.74) is 2.65. The Kier molecular flexibility index (Phi) is 6.76. The predicted molar refractivity (Wildman–Crippen MR) is 141 cm³/mol. The Labute approximate surface area is 206 Å². The molecule has 2 aromatic carbocycles. The zero-order chi connectivity index (χ0) is 23.5. The van der Waals surface area contributed by atoms with Gasteiger partial charge in [-0.25, -0.2) is 4.31 Å². The first-order chi connectivity index (χ1) is 16.6. The van der Waals surface area contributed by atoms with Crippen LogP contribution in [0, 0.1) is 0 Å². The second kappa shape index (κ2) is 10.1. The summed E-state index contributed by atoms with van der Waals surface area (Å²) in [7, 11) is -0.139. The molecule has 2 aromatic heterocycles. The van der Waals surface area contributed by atoms with Crippen molar-refractivity contribution in [3.05, 3.63) is 84.4 Å². The molecule has 5 rings (SSSR count). The van der Waals surface area contributed by atoms with Crippen LogP contribution >= 0.6 is 22.0 Å². The Morgan fingerprint density at radius 2 is 1.79 bits per heavy atom. The number of carbonyl (C=O) groups is 1. The van der Waals surface area contributed by atoms with Crippen LogP contribution in [0.15, 0.2) is 87.6 Å². The number of aromatic nitrogens is 1. The summed E-state index contributed by atoms with van der Waals surface area (Å²) in [4.78, 5) is 16.0. The molecule has 0 bridgehead atoms. The lowest BCUT2D eigenvalue weighted by Crippen LogP contribution is -2.51. The Bertz CT molecular complexity index is 1300. The van der Waals surface area contributed by atoms with E-state index in [9.17, 15) is 4.79 Å². The van der Waals surface area contributed by atoms with Crippen LogP contribution in [-0.4, -0.2) is 51.3 Å². The van der Waals surface area contributed by atoms with Gasteiger partial charge in [-0.15, -0.1) is 11.3 Å². The van der Waals surface area contributed by atoms with E-state index in [1.807, 2.05) is 71.6 Å². The molecule has 0 radical (unpaired) electrons. The summed E-state index contributed by atoms with van der Waals surface area (Å²) < 4.78 is 9.49. The molecule has 174 valence electrons. The van der Waals surface area contributed by atoms with Gasteiger partial charge in [0.15, 0.2) is 5.76 Å². The van der Waals surface area contributed by atoms with Crippen LogP contribution in [-0.2, 0) is 0 Å². The maximum absolute atomic E-state index is 12.9. The smallest absolute Gasteiger partial charge is 0.253 e. The van der Waals surface area contributed by atoms with Crippen molar-refractivity contribution in [2.45, 2.75) is 24.1 Å². The van der Waals surface area contributed by atoms with E-state index in [0.29, 0.717) is 0 Å². The van der Waals surface area contributed by atoms with Gasteiger partial charge in [-0.1, -0.05) is 64.4 Å². The highest BCUT2D eigenvalue weighted by atomic mass is 32.2. The van der Waals surface area contributed by atoms with Crippen LogP contribution < -0.4 is 0 Å². The van der Waals surface area contributed by atoms with Crippen molar-refractivity contribution in [2.24, 2.45) is 0 Å². The lowest BCUT2D eigenvalue weighted by atomic mass is 10.1. The van der Waals surface area contributed by atoms with Crippen LogP contribution in [0.2, 0.25) is 0 Å². The highest BCUT2D eigenvalue weighted by molar-refractivity contribution is 8.14. The van der Waals surface area contributed by atoms with Gasteiger partial charge in [-0.2, -0.15) is 0 Å². The maximum atomic E-state index is 12.9. The molecule has 0 saturated carbocycles. The molecule has 1 unspecified atom stereocenters.